The summed E-state index contributed by atoms with van der Waals surface area (Å²) in [5.41, 5.74) is 1.11. The van der Waals surface area contributed by atoms with E-state index in [1.807, 2.05) is 30.3 Å². The van der Waals surface area contributed by atoms with Crippen molar-refractivity contribution in [2.45, 2.75) is 6.61 Å². The molecular weight excluding hydrogens is 220 g/mol. The third-order valence-corrected chi connectivity index (χ3v) is 2.21. The number of ether oxygens (including phenoxy) is 1. The third kappa shape index (κ3) is 2.84. The molecule has 2 aromatic rings. The Morgan fingerprint density at radius 2 is 1.81 bits per heavy atom. The molecule has 0 N–H and O–H groups in total. The Labute approximate surface area is 99.1 Å². The molecule has 0 fully saturated rings. The molecule has 0 radical (unpaired) electrons. The van der Waals surface area contributed by atoms with Gasteiger partial charge in [0, 0.05) is 5.37 Å². The van der Waals surface area contributed by atoms with Crippen molar-refractivity contribution in [3.63, 3.8) is 0 Å². The van der Waals surface area contributed by atoms with Crippen molar-refractivity contribution in [3.8, 4) is 5.75 Å². The Balaban J connectivity index is 1.97. The maximum atomic E-state index is 5.52. The Kier molecular flexibility index (Phi) is 3.56. The number of nitrogens with zero attached hydrogens (tertiary/aromatic N) is 2. The predicted octanol–water partition coefficient (Wildman–Crippen LogP) is 2.40. The highest BCUT2D eigenvalue weighted by atomic mass is 32.1. The van der Waals surface area contributed by atoms with Crippen molar-refractivity contribution in [1.82, 2.24) is 9.97 Å². The standard InChI is InChI=1S/C12H10N2OS/c16-9-12-13-6-11(7-14-12)15-8-10-4-2-1-3-5-10/h1-7,9H,8H2. The predicted molar refractivity (Wildman–Crippen MR) is 65.6 cm³/mol. The van der Waals surface area contributed by atoms with Gasteiger partial charge in [0.05, 0.1) is 12.4 Å². The fourth-order valence-corrected chi connectivity index (χ4v) is 1.32. The molecule has 16 heavy (non-hydrogen) atoms. The van der Waals surface area contributed by atoms with Crippen molar-refractivity contribution in [1.29, 1.82) is 0 Å². The van der Waals surface area contributed by atoms with Crippen molar-refractivity contribution in [2.24, 2.45) is 0 Å². The van der Waals surface area contributed by atoms with Crippen LogP contribution in [0.3, 0.4) is 0 Å². The second-order valence-corrected chi connectivity index (χ2v) is 3.40. The van der Waals surface area contributed by atoms with Crippen LogP contribution in [-0.4, -0.2) is 15.3 Å². The molecule has 4 heteroatoms. The molecule has 0 aliphatic carbocycles. The number of thiocarbonyl (C=S) groups is 1. The van der Waals surface area contributed by atoms with Gasteiger partial charge in [-0.25, -0.2) is 9.97 Å². The molecule has 0 bridgehead atoms. The van der Waals surface area contributed by atoms with Gasteiger partial charge in [0.15, 0.2) is 11.6 Å². The highest BCUT2D eigenvalue weighted by molar-refractivity contribution is 7.79. The Morgan fingerprint density at radius 3 is 2.44 bits per heavy atom. The van der Waals surface area contributed by atoms with E-state index >= 15 is 0 Å². The molecule has 80 valence electrons. The minimum Gasteiger partial charge on any atom is -0.486 e. The van der Waals surface area contributed by atoms with Gasteiger partial charge in [0.25, 0.3) is 0 Å². The molecule has 2 rings (SSSR count). The first-order valence-corrected chi connectivity index (χ1v) is 5.29. The summed E-state index contributed by atoms with van der Waals surface area (Å²) in [4.78, 5) is 8.03. The summed E-state index contributed by atoms with van der Waals surface area (Å²) < 4.78 is 5.52. The van der Waals surface area contributed by atoms with Gasteiger partial charge in [-0.1, -0.05) is 42.5 Å². The maximum Gasteiger partial charge on any atom is 0.162 e. The Hall–Kier alpha value is -1.81. The Morgan fingerprint density at radius 1 is 1.12 bits per heavy atom. The average Bonchev–Trinajstić information content (AvgIpc) is 2.38. The molecule has 0 aliphatic rings. The van der Waals surface area contributed by atoms with Gasteiger partial charge in [-0.2, -0.15) is 0 Å². The van der Waals surface area contributed by atoms with E-state index in [0.29, 0.717) is 18.2 Å². The van der Waals surface area contributed by atoms with Gasteiger partial charge in [-0.05, 0) is 5.56 Å². The highest BCUT2D eigenvalue weighted by Gasteiger charge is 1.96. The zero-order valence-corrected chi connectivity index (χ0v) is 9.35. The molecule has 0 amide bonds. The van der Waals surface area contributed by atoms with Crippen molar-refractivity contribution in [2.75, 3.05) is 0 Å². The van der Waals surface area contributed by atoms with Gasteiger partial charge in [-0.3, -0.25) is 0 Å². The van der Waals surface area contributed by atoms with Crippen LogP contribution >= 0.6 is 12.2 Å². The van der Waals surface area contributed by atoms with Crippen LogP contribution < -0.4 is 4.74 Å². The van der Waals surface area contributed by atoms with E-state index in [4.69, 9.17) is 17.0 Å². The van der Waals surface area contributed by atoms with E-state index < -0.39 is 0 Å². The zero-order chi connectivity index (χ0) is 11.2. The molecule has 0 saturated carbocycles. The second kappa shape index (κ2) is 5.32. The lowest BCUT2D eigenvalue weighted by molar-refractivity contribution is 0.303. The monoisotopic (exact) mass is 230 g/mol. The van der Waals surface area contributed by atoms with E-state index in [0.717, 1.165) is 5.56 Å². The molecule has 0 spiro atoms. The first-order chi connectivity index (χ1) is 7.88. The quantitative estimate of drug-likeness (QED) is 0.755. The number of aromatic nitrogens is 2. The van der Waals surface area contributed by atoms with Gasteiger partial charge < -0.3 is 4.74 Å². The lowest BCUT2D eigenvalue weighted by Crippen LogP contribution is -1.97. The molecule has 1 aromatic heterocycles. The normalized spacial score (nSPS) is 9.75. The fourth-order valence-electron chi connectivity index (χ4n) is 1.20. The van der Waals surface area contributed by atoms with Gasteiger partial charge in [0.2, 0.25) is 0 Å². The fraction of sp³-hybridized carbons (Fsp3) is 0.0833. The van der Waals surface area contributed by atoms with Gasteiger partial charge in [0.1, 0.15) is 6.61 Å². The lowest BCUT2D eigenvalue weighted by Gasteiger charge is -2.04. The maximum absolute atomic E-state index is 5.52. The number of rotatable bonds is 4. The second-order valence-electron chi connectivity index (χ2n) is 3.17. The minimum absolute atomic E-state index is 0.515. The van der Waals surface area contributed by atoms with Crippen LogP contribution in [0.4, 0.5) is 0 Å². The zero-order valence-electron chi connectivity index (χ0n) is 8.54. The van der Waals surface area contributed by atoms with Crippen LogP contribution in [0.25, 0.3) is 0 Å². The van der Waals surface area contributed by atoms with Crippen LogP contribution in [0.15, 0.2) is 42.7 Å². The molecular formula is C12H10N2OS. The molecule has 1 heterocycles. The number of hydrogen-bond acceptors (Lipinski definition) is 4. The smallest absolute Gasteiger partial charge is 0.162 e. The van der Waals surface area contributed by atoms with E-state index in [1.165, 1.54) is 5.37 Å². The summed E-state index contributed by atoms with van der Waals surface area (Å²) >= 11 is 4.71. The summed E-state index contributed by atoms with van der Waals surface area (Å²) in [6.07, 6.45) is 3.24. The first kappa shape index (κ1) is 10.7. The number of benzene rings is 1. The summed E-state index contributed by atoms with van der Waals surface area (Å²) in [6, 6.07) is 9.94. The summed E-state index contributed by atoms with van der Waals surface area (Å²) in [7, 11) is 0. The largest absolute Gasteiger partial charge is 0.486 e. The Bertz CT molecular complexity index is 456. The van der Waals surface area contributed by atoms with E-state index in [2.05, 4.69) is 9.97 Å². The lowest BCUT2D eigenvalue weighted by atomic mass is 10.2. The first-order valence-electron chi connectivity index (χ1n) is 4.82. The van der Waals surface area contributed by atoms with Crippen molar-refractivity contribution < 1.29 is 4.74 Å². The van der Waals surface area contributed by atoms with Gasteiger partial charge in [-0.15, -0.1) is 0 Å². The summed E-state index contributed by atoms with van der Waals surface area (Å²) in [5.74, 6) is 1.17. The summed E-state index contributed by atoms with van der Waals surface area (Å²) in [5, 5.41) is 1.43. The summed E-state index contributed by atoms with van der Waals surface area (Å²) in [6.45, 7) is 0.515. The van der Waals surface area contributed by atoms with Gasteiger partial charge >= 0.3 is 0 Å². The number of hydrogen-bond donors (Lipinski definition) is 0. The van der Waals surface area contributed by atoms with E-state index in [-0.39, 0.29) is 0 Å². The van der Waals surface area contributed by atoms with Crippen LogP contribution in [0.5, 0.6) is 5.75 Å². The van der Waals surface area contributed by atoms with Crippen molar-refractivity contribution in [3.05, 3.63) is 54.1 Å². The van der Waals surface area contributed by atoms with Crippen molar-refractivity contribution >= 4 is 17.6 Å². The topological polar surface area (TPSA) is 35.0 Å². The van der Waals surface area contributed by atoms with Crippen LogP contribution in [0.1, 0.15) is 11.4 Å². The molecule has 0 aliphatic heterocycles. The minimum atomic E-state index is 0.515. The van der Waals surface area contributed by atoms with Crippen LogP contribution in [0.2, 0.25) is 0 Å². The molecule has 3 nitrogen and oxygen atoms in total. The SMILES string of the molecule is S=Cc1ncc(OCc2ccccc2)cn1. The van der Waals surface area contributed by atoms with E-state index in [1.54, 1.807) is 12.4 Å². The average molecular weight is 230 g/mol. The van der Waals surface area contributed by atoms with E-state index in [9.17, 15) is 0 Å². The van der Waals surface area contributed by atoms with Crippen LogP contribution in [0, 0.1) is 0 Å². The van der Waals surface area contributed by atoms with Crippen LogP contribution in [-0.2, 0) is 6.61 Å². The highest BCUT2D eigenvalue weighted by Crippen LogP contribution is 2.09. The molecule has 1 aromatic carbocycles. The third-order valence-electron chi connectivity index (χ3n) is 2.00. The molecule has 0 saturated heterocycles. The molecule has 0 atom stereocenters. The molecule has 0 unspecified atom stereocenters.